The van der Waals surface area contributed by atoms with Gasteiger partial charge in [-0.1, -0.05) is 25.0 Å². The lowest BCUT2D eigenvalue weighted by Crippen LogP contribution is -2.44. The third-order valence-corrected chi connectivity index (χ3v) is 11.3. The summed E-state index contributed by atoms with van der Waals surface area (Å²) in [5.41, 5.74) is 1.68. The summed E-state index contributed by atoms with van der Waals surface area (Å²) in [5, 5.41) is -0.253. The molecule has 1 saturated heterocycles. The maximum atomic E-state index is 13.7. The van der Waals surface area contributed by atoms with Gasteiger partial charge in [-0.2, -0.15) is 4.37 Å². The van der Waals surface area contributed by atoms with E-state index in [9.17, 15) is 21.2 Å². The van der Waals surface area contributed by atoms with Crippen molar-refractivity contribution in [2.24, 2.45) is 0 Å². The Hall–Kier alpha value is -2.55. The van der Waals surface area contributed by atoms with Crippen LogP contribution in [0, 0.1) is 5.82 Å². The van der Waals surface area contributed by atoms with Crippen molar-refractivity contribution >= 4 is 43.9 Å². The summed E-state index contributed by atoms with van der Waals surface area (Å²) in [6, 6.07) is 10.7. The third kappa shape index (κ3) is 5.18. The molecule has 14 heteroatoms. The van der Waals surface area contributed by atoms with Gasteiger partial charge in [0.15, 0.2) is 0 Å². The average Bonchev–Trinajstić information content (AvgIpc) is 3.42. The average molecular weight is 578 g/mol. The van der Waals surface area contributed by atoms with Crippen molar-refractivity contribution in [3.63, 3.8) is 0 Å². The standard InChI is InChI=1S/C24H27BFN4O5S3/c1-25-30(24-27-15-28-36-24)38(33,34)19-7-8-20-21(10-12-35-23(20)14-19)29-11-9-18(37(2,31)32)13-22(29)16-3-5-17(26)6-4-16/h3-8,14-15,18,21-22H,9-13H2,1-2H3/t18-,21+,22+/m1/s1. The molecule has 0 spiro atoms. The molecule has 38 heavy (non-hydrogen) atoms. The van der Waals surface area contributed by atoms with Crippen molar-refractivity contribution in [1.82, 2.24) is 14.3 Å². The summed E-state index contributed by atoms with van der Waals surface area (Å²) in [7, 11) is -5.76. The Kier molecular flexibility index (Phi) is 7.51. The van der Waals surface area contributed by atoms with Gasteiger partial charge in [-0.25, -0.2) is 26.2 Å². The number of hydrogen-bond acceptors (Lipinski definition) is 9. The number of hydrogen-bond donors (Lipinski definition) is 0. The van der Waals surface area contributed by atoms with Crippen LogP contribution >= 0.6 is 11.5 Å². The minimum atomic E-state index is -3.94. The summed E-state index contributed by atoms with van der Waals surface area (Å²) in [6.45, 7) is 2.52. The van der Waals surface area contributed by atoms with E-state index in [4.69, 9.17) is 4.74 Å². The fraction of sp³-hybridized carbons (Fsp3) is 0.417. The van der Waals surface area contributed by atoms with Crippen LogP contribution in [0.4, 0.5) is 9.52 Å². The van der Waals surface area contributed by atoms with Crippen LogP contribution in [0.25, 0.3) is 0 Å². The zero-order chi connectivity index (χ0) is 27.1. The summed E-state index contributed by atoms with van der Waals surface area (Å²) in [6.07, 6.45) is 4.10. The number of sulfonamides is 1. The lowest BCUT2D eigenvalue weighted by molar-refractivity contribution is 0.0680. The maximum Gasteiger partial charge on any atom is 0.268 e. The van der Waals surface area contributed by atoms with E-state index < -0.39 is 25.1 Å². The Morgan fingerprint density at radius 1 is 1.11 bits per heavy atom. The Bertz CT molecular complexity index is 1500. The number of nitrogens with zero attached hydrogens (tertiary/aromatic N) is 4. The number of aromatic nitrogens is 2. The van der Waals surface area contributed by atoms with Crippen LogP contribution in [-0.4, -0.2) is 63.2 Å². The summed E-state index contributed by atoms with van der Waals surface area (Å²) in [5.74, 6) is 0.117. The minimum absolute atomic E-state index is 0.0658. The van der Waals surface area contributed by atoms with Gasteiger partial charge in [0.1, 0.15) is 27.7 Å². The molecule has 9 nitrogen and oxygen atoms in total. The van der Waals surface area contributed by atoms with Gasteiger partial charge in [-0.3, -0.25) is 9.12 Å². The highest BCUT2D eigenvalue weighted by Crippen LogP contribution is 2.45. The number of ether oxygens (including phenoxy) is 1. The number of piperidine rings is 1. The van der Waals surface area contributed by atoms with Gasteiger partial charge in [0, 0.05) is 54.5 Å². The van der Waals surface area contributed by atoms with E-state index >= 15 is 0 Å². The zero-order valence-electron chi connectivity index (χ0n) is 20.9. The Morgan fingerprint density at radius 2 is 1.87 bits per heavy atom. The predicted octanol–water partition coefficient (Wildman–Crippen LogP) is 3.61. The molecule has 2 aliphatic rings. The molecule has 0 N–H and O–H groups in total. The van der Waals surface area contributed by atoms with E-state index in [-0.39, 0.29) is 27.9 Å². The molecule has 2 aliphatic heterocycles. The first-order chi connectivity index (χ1) is 18.1. The Balaban J connectivity index is 1.49. The second-order valence-electron chi connectivity index (χ2n) is 9.42. The number of anilines is 1. The fourth-order valence-electron chi connectivity index (χ4n) is 5.31. The summed E-state index contributed by atoms with van der Waals surface area (Å²) >= 11 is 0.976. The molecule has 0 amide bonds. The van der Waals surface area contributed by atoms with Crippen molar-refractivity contribution in [3.05, 3.63) is 65.7 Å². The smallest absolute Gasteiger partial charge is 0.268 e. The third-order valence-electron chi connectivity index (χ3n) is 7.18. The molecule has 0 unspecified atom stereocenters. The van der Waals surface area contributed by atoms with Crippen LogP contribution in [0.15, 0.2) is 53.7 Å². The number of halogens is 1. The van der Waals surface area contributed by atoms with E-state index in [1.54, 1.807) is 31.1 Å². The topological polar surface area (TPSA) is 110 Å². The van der Waals surface area contributed by atoms with Crippen molar-refractivity contribution in [3.8, 4) is 5.75 Å². The molecule has 3 atom stereocenters. The summed E-state index contributed by atoms with van der Waals surface area (Å²) in [4.78, 5) is 6.34. The first-order valence-corrected chi connectivity index (χ1v) is 16.3. The molecule has 0 bridgehead atoms. The lowest BCUT2D eigenvalue weighted by Gasteiger charge is -2.45. The number of likely N-dealkylation sites (tertiary alicyclic amines) is 1. The number of fused-ring (bicyclic) bond motifs is 1. The van der Waals surface area contributed by atoms with Crippen LogP contribution in [0.2, 0.25) is 6.82 Å². The maximum absolute atomic E-state index is 13.7. The highest BCUT2D eigenvalue weighted by atomic mass is 32.2. The van der Waals surface area contributed by atoms with E-state index in [1.165, 1.54) is 38.2 Å². The van der Waals surface area contributed by atoms with Gasteiger partial charge < -0.3 is 4.74 Å². The predicted molar refractivity (Wildman–Crippen MR) is 144 cm³/mol. The molecule has 5 rings (SSSR count). The number of sulfone groups is 1. The van der Waals surface area contributed by atoms with Crippen molar-refractivity contribution in [1.29, 1.82) is 0 Å². The SMILES string of the molecule is C[B]N(c1ncns1)S(=O)(=O)c1ccc2c(c1)OCC[C@@H]2N1CC[C@@H](S(C)(=O)=O)C[C@H]1c1ccc(F)cc1. The number of benzene rings is 2. The summed E-state index contributed by atoms with van der Waals surface area (Å²) < 4.78 is 76.3. The highest BCUT2D eigenvalue weighted by molar-refractivity contribution is 7.94. The van der Waals surface area contributed by atoms with E-state index in [0.717, 1.165) is 26.9 Å². The first-order valence-electron chi connectivity index (χ1n) is 12.2. The molecule has 3 aromatic rings. The van der Waals surface area contributed by atoms with E-state index in [2.05, 4.69) is 14.3 Å². The Morgan fingerprint density at radius 3 is 2.53 bits per heavy atom. The van der Waals surface area contributed by atoms with Gasteiger partial charge in [0.2, 0.25) is 5.13 Å². The molecule has 0 aliphatic carbocycles. The molecular formula is C24H27BFN4O5S3. The minimum Gasteiger partial charge on any atom is -0.493 e. The van der Waals surface area contributed by atoms with Crippen LogP contribution in [-0.2, 0) is 19.9 Å². The van der Waals surface area contributed by atoms with E-state index in [1.807, 2.05) is 0 Å². The fourth-order valence-corrected chi connectivity index (χ4v) is 8.49. The van der Waals surface area contributed by atoms with Gasteiger partial charge in [-0.15, -0.1) is 0 Å². The van der Waals surface area contributed by atoms with Crippen LogP contribution in [0.5, 0.6) is 5.75 Å². The van der Waals surface area contributed by atoms with Gasteiger partial charge in [0.05, 0.1) is 16.8 Å². The quantitative estimate of drug-likeness (QED) is 0.392. The van der Waals surface area contributed by atoms with Crippen LogP contribution < -0.4 is 8.95 Å². The second-order valence-corrected chi connectivity index (χ2v) is 14.3. The molecule has 1 fully saturated rings. The lowest BCUT2D eigenvalue weighted by atomic mass is 9.89. The van der Waals surface area contributed by atoms with Crippen molar-refractivity contribution in [2.45, 2.75) is 48.3 Å². The largest absolute Gasteiger partial charge is 0.493 e. The van der Waals surface area contributed by atoms with Gasteiger partial charge in [-0.05, 0) is 36.6 Å². The van der Waals surface area contributed by atoms with Gasteiger partial charge >= 0.3 is 0 Å². The molecule has 1 radical (unpaired) electrons. The normalized spacial score (nSPS) is 22.3. The Labute approximate surface area is 227 Å². The molecule has 1 aromatic heterocycles. The van der Waals surface area contributed by atoms with Crippen molar-refractivity contribution < 1.29 is 26.0 Å². The highest BCUT2D eigenvalue weighted by Gasteiger charge is 2.40. The van der Waals surface area contributed by atoms with Crippen molar-refractivity contribution in [2.75, 3.05) is 23.6 Å². The van der Waals surface area contributed by atoms with Gasteiger partial charge in [0.25, 0.3) is 17.4 Å². The number of rotatable bonds is 7. The second kappa shape index (κ2) is 10.6. The molecule has 201 valence electrons. The molecule has 0 saturated carbocycles. The van der Waals surface area contributed by atoms with E-state index in [0.29, 0.717) is 38.2 Å². The monoisotopic (exact) mass is 577 g/mol. The zero-order valence-corrected chi connectivity index (χ0v) is 23.3. The molecule has 2 aromatic carbocycles. The molecule has 3 heterocycles. The van der Waals surface area contributed by atoms with Crippen LogP contribution in [0.3, 0.4) is 0 Å². The first kappa shape index (κ1) is 27.0. The van der Waals surface area contributed by atoms with Crippen LogP contribution in [0.1, 0.15) is 42.5 Å². The molecular weight excluding hydrogens is 550 g/mol.